The molecule has 4 heteroatoms. The zero-order valence-corrected chi connectivity index (χ0v) is 11.2. The first-order valence-corrected chi connectivity index (χ1v) is 6.61. The molecule has 0 aliphatic heterocycles. The lowest BCUT2D eigenvalue weighted by atomic mass is 10.1. The van der Waals surface area contributed by atoms with Gasteiger partial charge in [0.2, 0.25) is 0 Å². The molecule has 106 valence electrons. The van der Waals surface area contributed by atoms with E-state index in [-0.39, 0.29) is 11.5 Å². The molecule has 0 saturated heterocycles. The third-order valence-corrected chi connectivity index (χ3v) is 3.03. The normalized spacial score (nSPS) is 12.2. The lowest BCUT2D eigenvalue weighted by molar-refractivity contribution is 0.138. The fraction of sp³-hybridized carbons (Fsp3) is 0.250. The predicted octanol–water partition coefficient (Wildman–Crippen LogP) is 1.79. The minimum absolute atomic E-state index is 0.0461. The molecule has 0 unspecified atom stereocenters. The monoisotopic (exact) mass is 273 g/mol. The van der Waals surface area contributed by atoms with Crippen molar-refractivity contribution in [2.24, 2.45) is 0 Å². The van der Waals surface area contributed by atoms with E-state index in [9.17, 15) is 15.3 Å². The van der Waals surface area contributed by atoms with Gasteiger partial charge < -0.3 is 15.3 Å². The molecule has 0 spiro atoms. The summed E-state index contributed by atoms with van der Waals surface area (Å²) < 4.78 is 0. The number of aromatic hydroxyl groups is 2. The molecule has 1 atom stereocenters. The Morgan fingerprint density at radius 1 is 0.900 bits per heavy atom. The smallest absolute Gasteiger partial charge is 0.119 e. The van der Waals surface area contributed by atoms with Gasteiger partial charge in [0.05, 0.1) is 0 Å². The number of phenolic OH excluding ortho intramolecular Hbond substituents is 2. The summed E-state index contributed by atoms with van der Waals surface area (Å²) >= 11 is 0. The van der Waals surface area contributed by atoms with E-state index in [4.69, 9.17) is 0 Å². The van der Waals surface area contributed by atoms with Crippen LogP contribution in [0.3, 0.4) is 0 Å². The molecule has 0 saturated carbocycles. The molecule has 0 heterocycles. The first-order chi connectivity index (χ1) is 9.63. The van der Waals surface area contributed by atoms with Crippen LogP contribution in [0.2, 0.25) is 0 Å². The van der Waals surface area contributed by atoms with Gasteiger partial charge >= 0.3 is 0 Å². The summed E-state index contributed by atoms with van der Waals surface area (Å²) in [6.45, 7) is 0.566. The van der Waals surface area contributed by atoms with Crippen molar-refractivity contribution in [1.29, 1.82) is 0 Å². The SMILES string of the molecule is Oc1cc(O)cc(CCN[C@@H](O)Cc2ccccc2)c1. The van der Waals surface area contributed by atoms with Gasteiger partial charge in [0, 0.05) is 19.0 Å². The second kappa shape index (κ2) is 6.93. The molecule has 0 fully saturated rings. The van der Waals surface area contributed by atoms with Crippen LogP contribution in [0, 0.1) is 0 Å². The van der Waals surface area contributed by atoms with Crippen LogP contribution in [0.5, 0.6) is 11.5 Å². The number of benzene rings is 2. The van der Waals surface area contributed by atoms with Gasteiger partial charge in [-0.2, -0.15) is 0 Å². The molecule has 2 rings (SSSR count). The van der Waals surface area contributed by atoms with E-state index in [1.54, 1.807) is 12.1 Å². The Morgan fingerprint density at radius 2 is 1.55 bits per heavy atom. The second-order valence-corrected chi connectivity index (χ2v) is 4.77. The predicted molar refractivity (Wildman–Crippen MR) is 77.6 cm³/mol. The maximum atomic E-state index is 9.88. The quantitative estimate of drug-likeness (QED) is 0.606. The molecule has 0 bridgehead atoms. The van der Waals surface area contributed by atoms with Crippen LogP contribution in [0.4, 0.5) is 0 Å². The Bertz CT molecular complexity index is 522. The average molecular weight is 273 g/mol. The van der Waals surface area contributed by atoms with Gasteiger partial charge in [-0.3, -0.25) is 5.32 Å². The second-order valence-electron chi connectivity index (χ2n) is 4.77. The van der Waals surface area contributed by atoms with Crippen molar-refractivity contribution in [2.45, 2.75) is 19.1 Å². The molecular weight excluding hydrogens is 254 g/mol. The topological polar surface area (TPSA) is 72.7 Å². The Balaban J connectivity index is 1.78. The van der Waals surface area contributed by atoms with Gasteiger partial charge in [-0.25, -0.2) is 0 Å². The van der Waals surface area contributed by atoms with Crippen molar-refractivity contribution in [1.82, 2.24) is 5.32 Å². The summed E-state index contributed by atoms with van der Waals surface area (Å²) in [4.78, 5) is 0. The number of phenols is 2. The first kappa shape index (κ1) is 14.4. The highest BCUT2D eigenvalue weighted by molar-refractivity contribution is 5.36. The molecule has 0 amide bonds. The van der Waals surface area contributed by atoms with E-state index in [1.807, 2.05) is 30.3 Å². The van der Waals surface area contributed by atoms with Crippen molar-refractivity contribution in [3.63, 3.8) is 0 Å². The lowest BCUT2D eigenvalue weighted by Crippen LogP contribution is -2.32. The molecule has 2 aromatic rings. The highest BCUT2D eigenvalue weighted by Gasteiger charge is 2.05. The van der Waals surface area contributed by atoms with E-state index >= 15 is 0 Å². The van der Waals surface area contributed by atoms with Crippen molar-refractivity contribution in [3.05, 3.63) is 59.7 Å². The third kappa shape index (κ3) is 4.57. The maximum absolute atomic E-state index is 9.88. The van der Waals surface area contributed by atoms with Gasteiger partial charge in [0.1, 0.15) is 17.7 Å². The summed E-state index contributed by atoms with van der Waals surface area (Å²) in [5.74, 6) is 0.0923. The highest BCUT2D eigenvalue weighted by Crippen LogP contribution is 2.20. The van der Waals surface area contributed by atoms with Crippen LogP contribution < -0.4 is 5.32 Å². The van der Waals surface area contributed by atoms with Crippen LogP contribution in [-0.4, -0.2) is 28.1 Å². The Kier molecular flexibility index (Phi) is 4.98. The molecule has 0 aromatic heterocycles. The van der Waals surface area contributed by atoms with Crippen molar-refractivity contribution in [2.75, 3.05) is 6.54 Å². The Hall–Kier alpha value is -2.04. The van der Waals surface area contributed by atoms with E-state index in [0.29, 0.717) is 19.4 Å². The summed E-state index contributed by atoms with van der Waals surface area (Å²) in [5.41, 5.74) is 1.89. The molecule has 2 aromatic carbocycles. The maximum Gasteiger partial charge on any atom is 0.119 e. The standard InChI is InChI=1S/C16H19NO3/c18-14-8-13(9-15(19)11-14)6-7-17-16(20)10-12-4-2-1-3-5-12/h1-5,8-9,11,16-20H,6-7,10H2/t16-/m0/s1. The minimum atomic E-state index is -0.608. The molecule has 0 radical (unpaired) electrons. The summed E-state index contributed by atoms with van der Waals surface area (Å²) in [7, 11) is 0. The third-order valence-electron chi connectivity index (χ3n) is 3.03. The zero-order valence-electron chi connectivity index (χ0n) is 11.2. The van der Waals surface area contributed by atoms with Gasteiger partial charge in [-0.1, -0.05) is 30.3 Å². The average Bonchev–Trinajstić information content (AvgIpc) is 2.38. The minimum Gasteiger partial charge on any atom is -0.508 e. The number of hydrogen-bond donors (Lipinski definition) is 4. The fourth-order valence-corrected chi connectivity index (χ4v) is 2.09. The number of aliphatic hydroxyl groups excluding tert-OH is 1. The first-order valence-electron chi connectivity index (χ1n) is 6.61. The van der Waals surface area contributed by atoms with Crippen molar-refractivity contribution in [3.8, 4) is 11.5 Å². The number of nitrogens with one attached hydrogen (secondary N) is 1. The lowest BCUT2D eigenvalue weighted by Gasteiger charge is -2.13. The largest absolute Gasteiger partial charge is 0.508 e. The number of hydrogen-bond acceptors (Lipinski definition) is 4. The molecule has 4 nitrogen and oxygen atoms in total. The Morgan fingerprint density at radius 3 is 2.20 bits per heavy atom. The van der Waals surface area contributed by atoms with E-state index < -0.39 is 6.23 Å². The summed E-state index contributed by atoms with van der Waals surface area (Å²) in [6.07, 6.45) is 0.559. The zero-order chi connectivity index (χ0) is 14.4. The molecule has 4 N–H and O–H groups in total. The summed E-state index contributed by atoms with van der Waals surface area (Å²) in [5, 5.41) is 31.6. The molecule has 0 aliphatic carbocycles. The van der Waals surface area contributed by atoms with Gasteiger partial charge in [0.25, 0.3) is 0 Å². The summed E-state index contributed by atoms with van der Waals surface area (Å²) in [6, 6.07) is 14.3. The molecule has 0 aliphatic rings. The van der Waals surface area contributed by atoms with Crippen LogP contribution in [0.25, 0.3) is 0 Å². The van der Waals surface area contributed by atoms with Crippen LogP contribution in [0.1, 0.15) is 11.1 Å². The van der Waals surface area contributed by atoms with Crippen LogP contribution >= 0.6 is 0 Å². The van der Waals surface area contributed by atoms with Gasteiger partial charge in [-0.05, 0) is 29.7 Å². The van der Waals surface area contributed by atoms with E-state index in [2.05, 4.69) is 5.32 Å². The highest BCUT2D eigenvalue weighted by atomic mass is 16.3. The van der Waals surface area contributed by atoms with Crippen molar-refractivity contribution >= 4 is 0 Å². The number of rotatable bonds is 6. The number of aliphatic hydroxyl groups is 1. The van der Waals surface area contributed by atoms with Crippen LogP contribution in [-0.2, 0) is 12.8 Å². The van der Waals surface area contributed by atoms with E-state index in [0.717, 1.165) is 11.1 Å². The fourth-order valence-electron chi connectivity index (χ4n) is 2.09. The van der Waals surface area contributed by atoms with Crippen molar-refractivity contribution < 1.29 is 15.3 Å². The van der Waals surface area contributed by atoms with E-state index in [1.165, 1.54) is 6.07 Å². The molecular formula is C16H19NO3. The molecule has 20 heavy (non-hydrogen) atoms. The van der Waals surface area contributed by atoms with Gasteiger partial charge in [0.15, 0.2) is 0 Å². The van der Waals surface area contributed by atoms with Gasteiger partial charge in [-0.15, -0.1) is 0 Å². The Labute approximate surface area is 118 Å². The van der Waals surface area contributed by atoms with Crippen LogP contribution in [0.15, 0.2) is 48.5 Å².